The largest absolute Gasteiger partial charge is 0.117 e. The van der Waals surface area contributed by atoms with Gasteiger partial charge in [0.1, 0.15) is 16.1 Å². The first-order chi connectivity index (χ1) is 19.6. The lowest BCUT2D eigenvalue weighted by atomic mass is 9.45. The Hall–Kier alpha value is -2.63. The molecule has 0 radical (unpaired) electrons. The van der Waals surface area contributed by atoms with Crippen molar-refractivity contribution < 1.29 is 0 Å². The zero-order chi connectivity index (χ0) is 26.6. The third-order valence-corrected chi connectivity index (χ3v) is 23.9. The Bertz CT molecular complexity index is 1490. The lowest BCUT2D eigenvalue weighted by molar-refractivity contribution is -0.0323. The number of hydrogen-bond acceptors (Lipinski definition) is 0. The highest BCUT2D eigenvalue weighted by Gasteiger charge is 2.96. The van der Waals surface area contributed by atoms with Crippen molar-refractivity contribution in [1.29, 1.82) is 0 Å². The van der Waals surface area contributed by atoms with Crippen LogP contribution in [0.5, 0.6) is 0 Å². The Balaban J connectivity index is 1.15. The summed E-state index contributed by atoms with van der Waals surface area (Å²) < 4.78 is 0. The maximum atomic E-state index is 6.22. The lowest BCUT2D eigenvalue weighted by Gasteiger charge is -2.59. The molecule has 4 heterocycles. The second kappa shape index (κ2) is 8.45. The normalized spacial score (nSPS) is 39.2. The van der Waals surface area contributed by atoms with E-state index in [9.17, 15) is 0 Å². The Morgan fingerprint density at radius 3 is 1.07 bits per heavy atom. The molecule has 4 bridgehead atoms. The summed E-state index contributed by atoms with van der Waals surface area (Å²) >= 11 is 12.4. The molecule has 10 rings (SSSR count). The molecule has 4 heteroatoms. The maximum Gasteiger partial charge on any atom is 0.117 e. The van der Waals surface area contributed by atoms with Crippen LogP contribution in [0.1, 0.15) is 11.1 Å². The first-order valence-electron chi connectivity index (χ1n) is 14.7. The number of rotatable bonds is 6. The molecule has 196 valence electrons. The predicted molar refractivity (Wildman–Crippen MR) is 174 cm³/mol. The van der Waals surface area contributed by atoms with Crippen molar-refractivity contribution in [3.05, 3.63) is 142 Å². The lowest BCUT2D eigenvalue weighted by Crippen LogP contribution is -2.60. The van der Waals surface area contributed by atoms with E-state index >= 15 is 0 Å². The Labute approximate surface area is 248 Å². The Kier molecular flexibility index (Phi) is 5.08. The van der Waals surface area contributed by atoms with Gasteiger partial charge in [0.2, 0.25) is 0 Å². The van der Waals surface area contributed by atoms with Crippen LogP contribution in [0, 0.1) is 23.7 Å². The van der Waals surface area contributed by atoms with Gasteiger partial charge in [0.15, 0.2) is 0 Å². The number of halogens is 2. The SMILES string of the molecule is Clc1ccc(/C=C/[Si]2(c3ccccc3)C3C4C5C2C2C3C4[Si](/C=C/c3ccc(Cl)cc3)(c3ccccc3)C52)cc1. The molecule has 40 heavy (non-hydrogen) atoms. The van der Waals surface area contributed by atoms with Crippen molar-refractivity contribution in [3.63, 3.8) is 0 Å². The summed E-state index contributed by atoms with van der Waals surface area (Å²) in [6.07, 6.45) is 4.91. The standard InChI is InChI=1S/C36H30Cl2Si2/c37-25-15-11-23(12-16-25)19-21-39(27-7-3-1-4-8-27)33-29-30-34(39)32-31(33)35(29)40(36(30)32,28-9-5-2-6-10-28)22-20-24-13-17-26(38)18-14-24/h1-22,29-36H/b21-19+,22-20+. The molecule has 0 amide bonds. The molecule has 4 saturated heterocycles. The monoisotopic (exact) mass is 588 g/mol. The van der Waals surface area contributed by atoms with Gasteiger partial charge in [-0.1, -0.05) is 142 Å². The smallest absolute Gasteiger partial charge is 0.0888 e. The van der Waals surface area contributed by atoms with Crippen LogP contribution in [0.2, 0.25) is 32.2 Å². The van der Waals surface area contributed by atoms with Crippen LogP contribution in [-0.2, 0) is 0 Å². The Morgan fingerprint density at radius 1 is 0.425 bits per heavy atom. The van der Waals surface area contributed by atoms with Gasteiger partial charge >= 0.3 is 0 Å². The third-order valence-electron chi connectivity index (χ3n) is 11.8. The van der Waals surface area contributed by atoms with Gasteiger partial charge in [0, 0.05) is 10.0 Å². The fraction of sp³-hybridized carbons (Fsp3) is 0.222. The minimum Gasteiger partial charge on any atom is -0.0888 e. The average Bonchev–Trinajstić information content (AvgIpc) is 3.48. The van der Waals surface area contributed by atoms with Gasteiger partial charge in [0.05, 0.1) is 0 Å². The maximum absolute atomic E-state index is 6.22. The van der Waals surface area contributed by atoms with Crippen molar-refractivity contribution in [1.82, 2.24) is 0 Å². The topological polar surface area (TPSA) is 0 Å². The van der Waals surface area contributed by atoms with E-state index in [1.165, 1.54) is 11.1 Å². The van der Waals surface area contributed by atoms with E-state index < -0.39 is 16.1 Å². The van der Waals surface area contributed by atoms with Crippen molar-refractivity contribution in [2.24, 2.45) is 23.7 Å². The van der Waals surface area contributed by atoms with E-state index in [-0.39, 0.29) is 0 Å². The molecule has 0 unspecified atom stereocenters. The van der Waals surface area contributed by atoms with Gasteiger partial charge in [-0.05, 0) is 81.2 Å². The van der Waals surface area contributed by atoms with Crippen molar-refractivity contribution >= 4 is 61.9 Å². The zero-order valence-electron chi connectivity index (χ0n) is 22.1. The summed E-state index contributed by atoms with van der Waals surface area (Å²) in [5.41, 5.74) is 11.7. The first kappa shape index (κ1) is 24.0. The molecule has 2 aliphatic carbocycles. The van der Waals surface area contributed by atoms with Gasteiger partial charge in [-0.3, -0.25) is 0 Å². The quantitative estimate of drug-likeness (QED) is 0.198. The van der Waals surface area contributed by atoms with Gasteiger partial charge in [0.25, 0.3) is 0 Å². The fourth-order valence-electron chi connectivity index (χ4n) is 11.0. The highest BCUT2D eigenvalue weighted by molar-refractivity contribution is 7.06. The van der Waals surface area contributed by atoms with E-state index in [4.69, 9.17) is 23.2 Å². The van der Waals surface area contributed by atoms with E-state index in [0.29, 0.717) is 0 Å². The molecule has 6 aliphatic rings. The molecule has 4 aromatic rings. The van der Waals surface area contributed by atoms with E-state index in [0.717, 1.165) is 55.9 Å². The number of benzene rings is 4. The zero-order valence-corrected chi connectivity index (χ0v) is 25.6. The van der Waals surface area contributed by atoms with Crippen molar-refractivity contribution in [3.8, 4) is 0 Å². The van der Waals surface area contributed by atoms with Crippen LogP contribution in [-0.4, -0.2) is 16.1 Å². The summed E-state index contributed by atoms with van der Waals surface area (Å²) in [6, 6.07) is 40.2. The summed E-state index contributed by atoms with van der Waals surface area (Å²) in [4.78, 5) is 0. The number of hydrogen-bond donors (Lipinski definition) is 0. The van der Waals surface area contributed by atoms with Crippen LogP contribution in [0.4, 0.5) is 0 Å². The van der Waals surface area contributed by atoms with E-state index in [2.05, 4.69) is 108 Å². The summed E-state index contributed by atoms with van der Waals surface area (Å²) in [7, 11) is -3.65. The van der Waals surface area contributed by atoms with Crippen LogP contribution in [0.25, 0.3) is 12.2 Å². The summed E-state index contributed by atoms with van der Waals surface area (Å²) in [5.74, 6) is 3.64. The average molecular weight is 590 g/mol. The molecule has 0 N–H and O–H groups in total. The van der Waals surface area contributed by atoms with Gasteiger partial charge in [-0.2, -0.15) is 0 Å². The van der Waals surface area contributed by atoms with Crippen LogP contribution in [0.3, 0.4) is 0 Å². The van der Waals surface area contributed by atoms with Gasteiger partial charge in [-0.15, -0.1) is 0 Å². The van der Waals surface area contributed by atoms with Crippen LogP contribution < -0.4 is 10.4 Å². The second-order valence-corrected chi connectivity index (χ2v) is 21.9. The minimum absolute atomic E-state index is 0.810. The molecule has 4 aromatic carbocycles. The van der Waals surface area contributed by atoms with Crippen molar-refractivity contribution in [2.45, 2.75) is 22.2 Å². The molecule has 0 spiro atoms. The van der Waals surface area contributed by atoms with E-state index in [1.807, 2.05) is 24.3 Å². The molecule has 6 fully saturated rings. The second-order valence-electron chi connectivity index (χ2n) is 12.8. The fourth-order valence-corrected chi connectivity index (χ4v) is 26.7. The molecule has 4 aliphatic heterocycles. The van der Waals surface area contributed by atoms with Crippen LogP contribution in [0.15, 0.2) is 121 Å². The van der Waals surface area contributed by atoms with Gasteiger partial charge in [-0.25, -0.2) is 0 Å². The molecule has 0 nitrogen and oxygen atoms in total. The van der Waals surface area contributed by atoms with Crippen molar-refractivity contribution in [2.75, 3.05) is 0 Å². The third kappa shape index (κ3) is 2.84. The summed E-state index contributed by atoms with van der Waals surface area (Å²) in [6.45, 7) is 0. The molecule has 2 saturated carbocycles. The highest BCUT2D eigenvalue weighted by Crippen LogP contribution is 2.99. The first-order valence-corrected chi connectivity index (χ1v) is 19.9. The predicted octanol–water partition coefficient (Wildman–Crippen LogP) is 8.52. The summed E-state index contributed by atoms with van der Waals surface area (Å²) in [5, 5.41) is 4.98. The van der Waals surface area contributed by atoms with Crippen LogP contribution >= 0.6 is 23.2 Å². The van der Waals surface area contributed by atoms with Gasteiger partial charge < -0.3 is 0 Å². The molecule has 0 aromatic heterocycles. The molecular weight excluding hydrogens is 559 g/mol. The van der Waals surface area contributed by atoms with E-state index in [1.54, 1.807) is 10.4 Å². The minimum atomic E-state index is -1.83. The molecule has 0 atom stereocenters. The highest BCUT2D eigenvalue weighted by atomic mass is 35.5. The molecular formula is C36H30Cl2Si2. The Morgan fingerprint density at radius 2 is 0.750 bits per heavy atom.